The molecule has 2 atom stereocenters. The first-order valence-electron chi connectivity index (χ1n) is 9.97. The van der Waals surface area contributed by atoms with Crippen LogP contribution < -0.4 is 4.90 Å². The number of para-hydroxylation sites is 1. The number of benzene rings is 2. The second kappa shape index (κ2) is 6.71. The first-order valence-corrected chi connectivity index (χ1v) is 9.97. The lowest BCUT2D eigenvalue weighted by molar-refractivity contribution is 0.244. The van der Waals surface area contributed by atoms with E-state index in [4.69, 9.17) is 4.98 Å². The number of aromatic nitrogens is 2. The summed E-state index contributed by atoms with van der Waals surface area (Å²) in [5, 5.41) is 1.09. The van der Waals surface area contributed by atoms with Crippen LogP contribution in [0.5, 0.6) is 0 Å². The van der Waals surface area contributed by atoms with E-state index in [0.29, 0.717) is 0 Å². The number of anilines is 1. The maximum atomic E-state index is 4.78. The molecular weight excluding hydrogens is 318 g/mol. The van der Waals surface area contributed by atoms with E-state index in [0.717, 1.165) is 34.3 Å². The zero-order chi connectivity index (χ0) is 17.3. The fourth-order valence-corrected chi connectivity index (χ4v) is 4.88. The van der Waals surface area contributed by atoms with Crippen molar-refractivity contribution in [1.82, 2.24) is 9.97 Å². The molecule has 0 spiro atoms. The van der Waals surface area contributed by atoms with E-state index in [1.54, 1.807) is 0 Å². The van der Waals surface area contributed by atoms with E-state index < -0.39 is 0 Å². The van der Waals surface area contributed by atoms with Crippen molar-refractivity contribution >= 4 is 16.6 Å². The Kier molecular flexibility index (Phi) is 4.08. The Morgan fingerprint density at radius 1 is 0.885 bits per heavy atom. The molecule has 2 fully saturated rings. The predicted octanol–water partition coefficient (Wildman–Crippen LogP) is 5.46. The first kappa shape index (κ1) is 15.8. The second-order valence-electron chi connectivity index (χ2n) is 7.75. The third-order valence-corrected chi connectivity index (χ3v) is 6.17. The highest BCUT2D eigenvalue weighted by Crippen LogP contribution is 2.38. The van der Waals surface area contributed by atoms with Gasteiger partial charge in [0.25, 0.3) is 0 Å². The van der Waals surface area contributed by atoms with Gasteiger partial charge in [-0.3, -0.25) is 0 Å². The topological polar surface area (TPSA) is 29.0 Å². The number of piperidine rings is 1. The quantitative estimate of drug-likeness (QED) is 0.619. The van der Waals surface area contributed by atoms with Gasteiger partial charge in [-0.25, -0.2) is 9.97 Å². The minimum atomic E-state index is 0.727. The van der Waals surface area contributed by atoms with E-state index in [2.05, 4.69) is 46.3 Å². The molecule has 0 radical (unpaired) electrons. The van der Waals surface area contributed by atoms with E-state index in [1.807, 2.05) is 18.3 Å². The summed E-state index contributed by atoms with van der Waals surface area (Å²) in [5.41, 5.74) is 3.47. The van der Waals surface area contributed by atoms with Gasteiger partial charge >= 0.3 is 0 Å². The molecule has 2 unspecified atom stereocenters. The van der Waals surface area contributed by atoms with Crippen molar-refractivity contribution < 1.29 is 0 Å². The molecule has 1 aliphatic carbocycles. The van der Waals surface area contributed by atoms with Crippen LogP contribution in [-0.4, -0.2) is 22.6 Å². The summed E-state index contributed by atoms with van der Waals surface area (Å²) in [6, 6.07) is 17.8. The van der Waals surface area contributed by atoms with Gasteiger partial charge in [0.2, 0.25) is 0 Å². The monoisotopic (exact) mass is 343 g/mol. The Hall–Kier alpha value is -2.42. The van der Waals surface area contributed by atoms with Gasteiger partial charge in [0, 0.05) is 35.4 Å². The van der Waals surface area contributed by atoms with Crippen molar-refractivity contribution in [3.05, 3.63) is 54.7 Å². The number of fused-ring (bicyclic) bond motifs is 2. The third-order valence-electron chi connectivity index (χ3n) is 6.17. The van der Waals surface area contributed by atoms with E-state index in [-0.39, 0.29) is 0 Å². The standard InChI is InChI=1S/C23H25N3/c1-3-12-21-19(8-1)16-24-23(25-21)18-9-5-11-20(15-18)26-14-6-10-17-7-2-4-13-22(17)26/h1,3,5,8-9,11-12,15-17,22H,2,4,6-7,10,13-14H2. The van der Waals surface area contributed by atoms with Gasteiger partial charge in [0.05, 0.1) is 5.52 Å². The molecule has 0 bridgehead atoms. The predicted molar refractivity (Wildman–Crippen MR) is 107 cm³/mol. The molecule has 2 heterocycles. The molecule has 2 aliphatic rings. The third kappa shape index (κ3) is 2.86. The largest absolute Gasteiger partial charge is 0.368 e. The summed E-state index contributed by atoms with van der Waals surface area (Å²) in [7, 11) is 0. The highest BCUT2D eigenvalue weighted by molar-refractivity contribution is 5.79. The fraction of sp³-hybridized carbons (Fsp3) is 0.391. The van der Waals surface area contributed by atoms with Crippen LogP contribution >= 0.6 is 0 Å². The Morgan fingerprint density at radius 3 is 2.77 bits per heavy atom. The van der Waals surface area contributed by atoms with Crippen LogP contribution in [0.2, 0.25) is 0 Å². The molecule has 5 rings (SSSR count). The molecule has 3 nitrogen and oxygen atoms in total. The molecule has 0 amide bonds. The summed E-state index contributed by atoms with van der Waals surface area (Å²) in [6.45, 7) is 1.18. The summed E-state index contributed by atoms with van der Waals surface area (Å²) < 4.78 is 0. The second-order valence-corrected chi connectivity index (χ2v) is 7.75. The summed E-state index contributed by atoms with van der Waals surface area (Å²) >= 11 is 0. The molecule has 1 aromatic heterocycles. The molecule has 132 valence electrons. The van der Waals surface area contributed by atoms with Crippen LogP contribution in [0.1, 0.15) is 38.5 Å². The highest BCUT2D eigenvalue weighted by Gasteiger charge is 2.33. The number of nitrogens with zero attached hydrogens (tertiary/aromatic N) is 3. The smallest absolute Gasteiger partial charge is 0.159 e. The lowest BCUT2D eigenvalue weighted by Gasteiger charge is -2.45. The number of rotatable bonds is 2. The van der Waals surface area contributed by atoms with Gasteiger partial charge in [0.15, 0.2) is 5.82 Å². The van der Waals surface area contributed by atoms with E-state index in [1.165, 1.54) is 50.8 Å². The number of hydrogen-bond acceptors (Lipinski definition) is 3. The Bertz CT molecular complexity index is 918. The van der Waals surface area contributed by atoms with Gasteiger partial charge in [-0.15, -0.1) is 0 Å². The van der Waals surface area contributed by atoms with E-state index >= 15 is 0 Å². The van der Waals surface area contributed by atoms with Crippen LogP contribution in [0.4, 0.5) is 5.69 Å². The lowest BCUT2D eigenvalue weighted by Crippen LogP contribution is -2.46. The molecule has 3 heteroatoms. The van der Waals surface area contributed by atoms with Crippen molar-refractivity contribution in [2.75, 3.05) is 11.4 Å². The SMILES string of the molecule is c1cc(-c2ncc3ccccc3n2)cc(N2CCCC3CCCCC32)c1. The summed E-state index contributed by atoms with van der Waals surface area (Å²) in [5.74, 6) is 1.71. The maximum absolute atomic E-state index is 4.78. The van der Waals surface area contributed by atoms with Gasteiger partial charge in [-0.1, -0.05) is 43.2 Å². The Balaban J connectivity index is 1.49. The normalized spacial score (nSPS) is 23.0. The molecule has 26 heavy (non-hydrogen) atoms. The van der Waals surface area contributed by atoms with Crippen LogP contribution in [-0.2, 0) is 0 Å². The van der Waals surface area contributed by atoms with Crippen molar-refractivity contribution in [3.8, 4) is 11.4 Å². The Labute approximate surface area is 155 Å². The van der Waals surface area contributed by atoms with Crippen LogP contribution in [0.25, 0.3) is 22.3 Å². The number of hydrogen-bond donors (Lipinski definition) is 0. The molecule has 2 aromatic carbocycles. The van der Waals surface area contributed by atoms with Gasteiger partial charge < -0.3 is 4.90 Å². The van der Waals surface area contributed by atoms with Gasteiger partial charge in [-0.2, -0.15) is 0 Å². The molecule has 1 saturated carbocycles. The molecule has 1 saturated heterocycles. The fourth-order valence-electron chi connectivity index (χ4n) is 4.88. The molecule has 0 N–H and O–H groups in total. The zero-order valence-electron chi connectivity index (χ0n) is 15.1. The van der Waals surface area contributed by atoms with Gasteiger partial charge in [0.1, 0.15) is 0 Å². The minimum absolute atomic E-state index is 0.727. The zero-order valence-corrected chi connectivity index (χ0v) is 15.1. The summed E-state index contributed by atoms with van der Waals surface area (Å²) in [4.78, 5) is 12.1. The van der Waals surface area contributed by atoms with Crippen molar-refractivity contribution in [1.29, 1.82) is 0 Å². The Morgan fingerprint density at radius 2 is 1.77 bits per heavy atom. The lowest BCUT2D eigenvalue weighted by atomic mass is 9.78. The van der Waals surface area contributed by atoms with Crippen molar-refractivity contribution in [2.45, 2.75) is 44.6 Å². The summed E-state index contributed by atoms with van der Waals surface area (Å²) in [6.07, 6.45) is 10.2. The first-order chi connectivity index (χ1) is 12.9. The van der Waals surface area contributed by atoms with Crippen LogP contribution in [0.3, 0.4) is 0 Å². The molecular formula is C23H25N3. The van der Waals surface area contributed by atoms with Crippen molar-refractivity contribution in [3.63, 3.8) is 0 Å². The molecule has 1 aliphatic heterocycles. The van der Waals surface area contributed by atoms with Crippen LogP contribution in [0, 0.1) is 5.92 Å². The van der Waals surface area contributed by atoms with E-state index in [9.17, 15) is 0 Å². The average Bonchev–Trinajstić information content (AvgIpc) is 2.73. The maximum Gasteiger partial charge on any atom is 0.159 e. The minimum Gasteiger partial charge on any atom is -0.368 e. The highest BCUT2D eigenvalue weighted by atomic mass is 15.2. The van der Waals surface area contributed by atoms with Crippen molar-refractivity contribution in [2.24, 2.45) is 5.92 Å². The van der Waals surface area contributed by atoms with Gasteiger partial charge in [-0.05, 0) is 49.8 Å². The van der Waals surface area contributed by atoms with Crippen LogP contribution in [0.15, 0.2) is 54.7 Å². The average molecular weight is 343 g/mol. The molecule has 3 aromatic rings.